The molecular formula is C22H21NO3. The van der Waals surface area contributed by atoms with Gasteiger partial charge in [0, 0.05) is 18.0 Å². The number of para-hydroxylation sites is 1. The number of aryl methyl sites for hydroxylation is 1. The van der Waals surface area contributed by atoms with E-state index in [0.717, 1.165) is 30.2 Å². The van der Waals surface area contributed by atoms with Crippen molar-refractivity contribution in [3.05, 3.63) is 81.7 Å². The molecule has 2 aromatic carbocycles. The number of amides is 1. The maximum Gasteiger partial charge on any atom is 0.349 e. The third-order valence-electron chi connectivity index (χ3n) is 4.90. The lowest BCUT2D eigenvalue weighted by Gasteiger charge is -2.22. The molecule has 4 nitrogen and oxygen atoms in total. The zero-order valence-electron chi connectivity index (χ0n) is 14.8. The lowest BCUT2D eigenvalue weighted by atomic mass is 10.1. The minimum absolute atomic E-state index is 0.112. The Bertz CT molecular complexity index is 1000. The van der Waals surface area contributed by atoms with Crippen LogP contribution in [0.3, 0.4) is 0 Å². The summed E-state index contributed by atoms with van der Waals surface area (Å²) in [4.78, 5) is 27.2. The van der Waals surface area contributed by atoms with Crippen molar-refractivity contribution in [1.82, 2.24) is 4.90 Å². The van der Waals surface area contributed by atoms with Gasteiger partial charge in [0.25, 0.3) is 5.91 Å². The highest BCUT2D eigenvalue weighted by molar-refractivity contribution is 5.97. The van der Waals surface area contributed by atoms with Gasteiger partial charge in [-0.2, -0.15) is 0 Å². The SMILES string of the molecule is CCc1ccc(CN(C(=O)c2cc3ccccc3oc2=O)C2CC2)cc1. The Balaban J connectivity index is 1.65. The normalized spacial score (nSPS) is 13.7. The van der Waals surface area contributed by atoms with Gasteiger partial charge in [-0.05, 0) is 42.5 Å². The van der Waals surface area contributed by atoms with Crippen molar-refractivity contribution in [2.75, 3.05) is 0 Å². The third-order valence-corrected chi connectivity index (χ3v) is 4.90. The molecule has 0 atom stereocenters. The summed E-state index contributed by atoms with van der Waals surface area (Å²) in [6.07, 6.45) is 2.96. The molecule has 0 spiro atoms. The van der Waals surface area contributed by atoms with Crippen LogP contribution in [0.25, 0.3) is 11.0 Å². The summed E-state index contributed by atoms with van der Waals surface area (Å²) in [5.74, 6) is -0.244. The minimum Gasteiger partial charge on any atom is -0.422 e. The van der Waals surface area contributed by atoms with Gasteiger partial charge in [0.1, 0.15) is 11.1 Å². The van der Waals surface area contributed by atoms with Gasteiger partial charge >= 0.3 is 5.63 Å². The summed E-state index contributed by atoms with van der Waals surface area (Å²) in [7, 11) is 0. The zero-order chi connectivity index (χ0) is 18.1. The molecular weight excluding hydrogens is 326 g/mol. The molecule has 1 fully saturated rings. The average Bonchev–Trinajstić information content (AvgIpc) is 3.50. The molecule has 1 saturated carbocycles. The molecule has 0 aliphatic heterocycles. The number of nitrogens with zero attached hydrogens (tertiary/aromatic N) is 1. The zero-order valence-corrected chi connectivity index (χ0v) is 14.8. The van der Waals surface area contributed by atoms with Gasteiger partial charge in [0.05, 0.1) is 0 Å². The number of carbonyl (C=O) groups is 1. The van der Waals surface area contributed by atoms with Crippen molar-refractivity contribution in [3.63, 3.8) is 0 Å². The van der Waals surface area contributed by atoms with Gasteiger partial charge in [-0.25, -0.2) is 4.79 Å². The summed E-state index contributed by atoms with van der Waals surface area (Å²) in [6.45, 7) is 2.63. The third kappa shape index (κ3) is 3.27. The summed E-state index contributed by atoms with van der Waals surface area (Å²) in [6, 6.07) is 17.4. The summed E-state index contributed by atoms with van der Waals surface area (Å²) >= 11 is 0. The Kier molecular flexibility index (Phi) is 4.33. The quantitative estimate of drug-likeness (QED) is 0.651. The molecule has 0 N–H and O–H groups in total. The highest BCUT2D eigenvalue weighted by Crippen LogP contribution is 2.30. The van der Waals surface area contributed by atoms with E-state index < -0.39 is 5.63 Å². The Morgan fingerprint density at radius 1 is 1.08 bits per heavy atom. The molecule has 1 aliphatic rings. The fourth-order valence-electron chi connectivity index (χ4n) is 3.20. The standard InChI is InChI=1S/C22H21NO3/c1-2-15-7-9-16(10-8-15)14-23(18-11-12-18)21(24)19-13-17-5-3-4-6-20(17)26-22(19)25/h3-10,13,18H,2,11-12,14H2,1H3. The van der Waals surface area contributed by atoms with Crippen molar-refractivity contribution in [2.45, 2.75) is 38.8 Å². The number of hydrogen-bond donors (Lipinski definition) is 0. The van der Waals surface area contributed by atoms with Gasteiger partial charge in [-0.15, -0.1) is 0 Å². The second-order valence-corrected chi connectivity index (χ2v) is 6.82. The van der Waals surface area contributed by atoms with Crippen LogP contribution < -0.4 is 5.63 Å². The van der Waals surface area contributed by atoms with Crippen LogP contribution in [0.1, 0.15) is 41.3 Å². The largest absolute Gasteiger partial charge is 0.422 e. The maximum absolute atomic E-state index is 13.1. The lowest BCUT2D eigenvalue weighted by molar-refractivity contribution is 0.0726. The maximum atomic E-state index is 13.1. The molecule has 1 aliphatic carbocycles. The number of hydrogen-bond acceptors (Lipinski definition) is 3. The van der Waals surface area contributed by atoms with E-state index in [4.69, 9.17) is 4.42 Å². The molecule has 26 heavy (non-hydrogen) atoms. The van der Waals surface area contributed by atoms with Crippen LogP contribution in [-0.4, -0.2) is 16.8 Å². The van der Waals surface area contributed by atoms with Crippen molar-refractivity contribution in [2.24, 2.45) is 0 Å². The van der Waals surface area contributed by atoms with Crippen LogP contribution in [0.15, 0.2) is 63.8 Å². The first kappa shape index (κ1) is 16.6. The number of carbonyl (C=O) groups excluding carboxylic acids is 1. The number of rotatable bonds is 5. The first-order valence-electron chi connectivity index (χ1n) is 9.07. The minimum atomic E-state index is -0.569. The fourth-order valence-corrected chi connectivity index (χ4v) is 3.20. The molecule has 4 heteroatoms. The van der Waals surface area contributed by atoms with Crippen LogP contribution >= 0.6 is 0 Å². The Morgan fingerprint density at radius 3 is 2.46 bits per heavy atom. The van der Waals surface area contributed by atoms with Crippen molar-refractivity contribution < 1.29 is 9.21 Å². The van der Waals surface area contributed by atoms with Crippen LogP contribution in [-0.2, 0) is 13.0 Å². The van der Waals surface area contributed by atoms with Gasteiger partial charge in [-0.1, -0.05) is 49.4 Å². The highest BCUT2D eigenvalue weighted by Gasteiger charge is 2.34. The van der Waals surface area contributed by atoms with E-state index >= 15 is 0 Å². The fraction of sp³-hybridized carbons (Fsp3) is 0.273. The second-order valence-electron chi connectivity index (χ2n) is 6.82. The van der Waals surface area contributed by atoms with Crippen LogP contribution in [0, 0.1) is 0 Å². The predicted molar refractivity (Wildman–Crippen MR) is 101 cm³/mol. The van der Waals surface area contributed by atoms with E-state index in [0.29, 0.717) is 12.1 Å². The van der Waals surface area contributed by atoms with Gasteiger partial charge in [0.2, 0.25) is 0 Å². The molecule has 0 radical (unpaired) electrons. The van der Waals surface area contributed by atoms with E-state index in [1.54, 1.807) is 12.1 Å². The average molecular weight is 347 g/mol. The molecule has 1 amide bonds. The molecule has 1 aromatic heterocycles. The summed E-state index contributed by atoms with van der Waals surface area (Å²) in [5.41, 5.74) is 2.39. The molecule has 0 unspecified atom stereocenters. The topological polar surface area (TPSA) is 50.5 Å². The van der Waals surface area contributed by atoms with Crippen molar-refractivity contribution in [1.29, 1.82) is 0 Å². The van der Waals surface area contributed by atoms with Crippen molar-refractivity contribution >= 4 is 16.9 Å². The molecule has 0 saturated heterocycles. The molecule has 4 rings (SSSR count). The highest BCUT2D eigenvalue weighted by atomic mass is 16.4. The lowest BCUT2D eigenvalue weighted by Crippen LogP contribution is -2.35. The van der Waals surface area contributed by atoms with Crippen LogP contribution in [0.4, 0.5) is 0 Å². The van der Waals surface area contributed by atoms with Crippen molar-refractivity contribution in [3.8, 4) is 0 Å². The van der Waals surface area contributed by atoms with Crippen LogP contribution in [0.5, 0.6) is 0 Å². The van der Waals surface area contributed by atoms with E-state index in [1.165, 1.54) is 5.56 Å². The summed E-state index contributed by atoms with van der Waals surface area (Å²) in [5, 5.41) is 0.762. The smallest absolute Gasteiger partial charge is 0.349 e. The first-order valence-corrected chi connectivity index (χ1v) is 9.07. The summed E-state index contributed by atoms with van der Waals surface area (Å²) < 4.78 is 5.34. The Morgan fingerprint density at radius 2 is 1.77 bits per heavy atom. The molecule has 3 aromatic rings. The van der Waals surface area contributed by atoms with E-state index in [9.17, 15) is 9.59 Å². The monoisotopic (exact) mass is 347 g/mol. The van der Waals surface area contributed by atoms with Crippen LogP contribution in [0.2, 0.25) is 0 Å². The van der Waals surface area contributed by atoms with Gasteiger partial charge in [-0.3, -0.25) is 4.79 Å². The van der Waals surface area contributed by atoms with E-state index in [-0.39, 0.29) is 17.5 Å². The Labute approximate surface area is 152 Å². The second kappa shape index (κ2) is 6.79. The van der Waals surface area contributed by atoms with Gasteiger partial charge < -0.3 is 9.32 Å². The predicted octanol–water partition coefficient (Wildman–Crippen LogP) is 4.16. The number of benzene rings is 2. The number of fused-ring (bicyclic) bond motifs is 1. The molecule has 132 valence electrons. The molecule has 0 bridgehead atoms. The van der Waals surface area contributed by atoms with E-state index in [1.807, 2.05) is 23.1 Å². The first-order chi connectivity index (χ1) is 12.7. The molecule has 1 heterocycles. The Hall–Kier alpha value is -2.88. The van der Waals surface area contributed by atoms with Gasteiger partial charge in [0.15, 0.2) is 0 Å². The van der Waals surface area contributed by atoms with E-state index in [2.05, 4.69) is 31.2 Å².